The van der Waals surface area contributed by atoms with Crippen LogP contribution >= 0.6 is 0 Å². The summed E-state index contributed by atoms with van der Waals surface area (Å²) in [7, 11) is 0.765. The maximum Gasteiger partial charge on any atom is 0.297 e. The Hall–Kier alpha value is -0.578. The van der Waals surface area contributed by atoms with E-state index < -0.39 is 8.07 Å². The second-order valence-corrected chi connectivity index (χ2v) is 15.2. The highest BCUT2D eigenvalue weighted by Crippen LogP contribution is 2.51. The quantitative estimate of drug-likeness (QED) is 0.624. The minimum Gasteiger partial charge on any atom is -0.427 e. The van der Waals surface area contributed by atoms with Crippen molar-refractivity contribution in [3.05, 3.63) is 35.9 Å². The summed E-state index contributed by atoms with van der Waals surface area (Å²) in [5, 5.41) is 3.47. The molecule has 3 rings (SSSR count). The number of benzene rings is 1. The van der Waals surface area contributed by atoms with Gasteiger partial charge in [0.2, 0.25) is 0 Å². The van der Waals surface area contributed by atoms with Gasteiger partial charge in [0, 0.05) is 14.1 Å². The first kappa shape index (κ1) is 20.2. The summed E-state index contributed by atoms with van der Waals surface area (Å²) in [5.74, 6) is 1.65. The van der Waals surface area contributed by atoms with Gasteiger partial charge in [-0.05, 0) is 36.7 Å². The van der Waals surface area contributed by atoms with Crippen LogP contribution < -0.4 is 5.32 Å². The molecule has 4 heteroatoms. The number of nitrogens with one attached hydrogen (secondary N) is 1. The standard InChI is InChI=1S/C22H38BNOSi/c1-17(24-2)21(18-11-7-6-8-12-18)25-23-20-15-9-13-19(14-10-16-20)22(23)26(3,4)5/h6-8,11-12,17,19-22,24H,9-10,13-16H2,1-5H3/t17-,19?,20?,21+,22?/m0/s1. The van der Waals surface area contributed by atoms with E-state index in [4.69, 9.17) is 4.65 Å². The van der Waals surface area contributed by atoms with Gasteiger partial charge in [-0.15, -0.1) is 0 Å². The average molecular weight is 371 g/mol. The number of hydrogen-bond acceptors (Lipinski definition) is 2. The van der Waals surface area contributed by atoms with Crippen LogP contribution in [0, 0.1) is 5.92 Å². The van der Waals surface area contributed by atoms with E-state index in [2.05, 4.69) is 69.3 Å². The van der Waals surface area contributed by atoms with Gasteiger partial charge >= 0.3 is 0 Å². The zero-order valence-corrected chi connectivity index (χ0v) is 18.5. The van der Waals surface area contributed by atoms with Crippen molar-refractivity contribution in [2.24, 2.45) is 5.92 Å². The molecule has 2 fully saturated rings. The molecule has 2 saturated heterocycles. The Morgan fingerprint density at radius 1 is 1.04 bits per heavy atom. The van der Waals surface area contributed by atoms with Crippen molar-refractivity contribution >= 4 is 15.0 Å². The largest absolute Gasteiger partial charge is 0.427 e. The van der Waals surface area contributed by atoms with Gasteiger partial charge in [0.25, 0.3) is 6.92 Å². The molecule has 1 unspecified atom stereocenters. The van der Waals surface area contributed by atoms with Gasteiger partial charge in [0.1, 0.15) is 0 Å². The zero-order valence-electron chi connectivity index (χ0n) is 17.5. The molecule has 0 saturated carbocycles. The van der Waals surface area contributed by atoms with E-state index in [0.29, 0.717) is 13.0 Å². The Labute approximate surface area is 162 Å². The Morgan fingerprint density at radius 3 is 2.19 bits per heavy atom. The van der Waals surface area contributed by atoms with E-state index in [-0.39, 0.29) is 6.10 Å². The molecular weight excluding hydrogens is 333 g/mol. The highest BCUT2D eigenvalue weighted by atomic mass is 28.3. The second kappa shape index (κ2) is 8.62. The van der Waals surface area contributed by atoms with E-state index in [1.807, 2.05) is 0 Å². The average Bonchev–Trinajstić information content (AvgIpc) is 2.87. The second-order valence-electron chi connectivity index (χ2n) is 9.78. The first-order chi connectivity index (χ1) is 12.4. The van der Waals surface area contributed by atoms with Crippen LogP contribution in [0.4, 0.5) is 0 Å². The van der Waals surface area contributed by atoms with Crippen molar-refractivity contribution in [1.29, 1.82) is 0 Å². The lowest BCUT2D eigenvalue weighted by atomic mass is 9.50. The van der Waals surface area contributed by atoms with Crippen LogP contribution in [-0.2, 0) is 4.65 Å². The number of hydrogen-bond donors (Lipinski definition) is 1. The number of rotatable bonds is 6. The van der Waals surface area contributed by atoms with E-state index in [1.54, 1.807) is 0 Å². The molecule has 2 aliphatic rings. The molecule has 0 aromatic heterocycles. The van der Waals surface area contributed by atoms with Crippen LogP contribution in [-0.4, -0.2) is 28.1 Å². The SMILES string of the molecule is CN[C@@H](C)[C@@H](OB1C2CCCC(CCC2)C1[Si](C)(C)C)c1ccccc1. The molecule has 2 bridgehead atoms. The Morgan fingerprint density at radius 2 is 1.65 bits per heavy atom. The van der Waals surface area contributed by atoms with Crippen molar-refractivity contribution in [3.8, 4) is 0 Å². The molecule has 1 aromatic rings. The predicted octanol–water partition coefficient (Wildman–Crippen LogP) is 5.95. The van der Waals surface area contributed by atoms with E-state index >= 15 is 0 Å². The highest BCUT2D eigenvalue weighted by molar-refractivity contribution is 6.88. The van der Waals surface area contributed by atoms with Crippen LogP contribution in [0.5, 0.6) is 0 Å². The van der Waals surface area contributed by atoms with Crippen molar-refractivity contribution in [1.82, 2.24) is 5.32 Å². The summed E-state index contributed by atoms with van der Waals surface area (Å²) in [6.45, 7) is 10.4. The van der Waals surface area contributed by atoms with Crippen molar-refractivity contribution in [2.45, 2.75) is 88.5 Å². The maximum absolute atomic E-state index is 7.14. The molecule has 0 radical (unpaired) electrons. The summed E-state index contributed by atoms with van der Waals surface area (Å²) in [6, 6.07) is 11.2. The minimum atomic E-state index is -1.30. The van der Waals surface area contributed by atoms with Gasteiger partial charge in [0.05, 0.1) is 6.10 Å². The van der Waals surface area contributed by atoms with Gasteiger partial charge in [-0.2, -0.15) is 0 Å². The third-order valence-corrected chi connectivity index (χ3v) is 9.77. The van der Waals surface area contributed by atoms with Crippen LogP contribution in [0.2, 0.25) is 30.9 Å². The third kappa shape index (κ3) is 4.45. The molecule has 2 aliphatic heterocycles. The fraction of sp³-hybridized carbons (Fsp3) is 0.727. The van der Waals surface area contributed by atoms with Gasteiger partial charge in [-0.1, -0.05) is 88.5 Å². The van der Waals surface area contributed by atoms with Gasteiger partial charge in [-0.25, -0.2) is 0 Å². The molecule has 2 nitrogen and oxygen atoms in total. The highest BCUT2D eigenvalue weighted by Gasteiger charge is 2.50. The smallest absolute Gasteiger partial charge is 0.297 e. The molecule has 2 heterocycles. The lowest BCUT2D eigenvalue weighted by Crippen LogP contribution is -2.47. The molecule has 3 atom stereocenters. The van der Waals surface area contributed by atoms with Crippen LogP contribution in [0.3, 0.4) is 0 Å². The van der Waals surface area contributed by atoms with Gasteiger partial charge < -0.3 is 9.97 Å². The predicted molar refractivity (Wildman–Crippen MR) is 117 cm³/mol. The minimum absolute atomic E-state index is 0.143. The molecule has 0 spiro atoms. The number of likely N-dealkylation sites (N-methyl/N-ethyl adjacent to an activating group) is 1. The zero-order chi connectivity index (χ0) is 18.7. The fourth-order valence-electron chi connectivity index (χ4n) is 5.67. The third-order valence-electron chi connectivity index (χ3n) is 6.97. The monoisotopic (exact) mass is 371 g/mol. The Bertz CT molecular complexity index is 551. The van der Waals surface area contributed by atoms with Crippen molar-refractivity contribution in [3.63, 3.8) is 0 Å². The topological polar surface area (TPSA) is 21.3 Å². The molecule has 1 aromatic carbocycles. The van der Waals surface area contributed by atoms with Crippen LogP contribution in [0.15, 0.2) is 30.3 Å². The fourth-order valence-corrected chi connectivity index (χ4v) is 8.75. The molecular formula is C22H38BNOSi. The van der Waals surface area contributed by atoms with E-state index in [0.717, 1.165) is 17.2 Å². The first-order valence-electron chi connectivity index (χ1n) is 10.8. The van der Waals surface area contributed by atoms with E-state index in [9.17, 15) is 0 Å². The van der Waals surface area contributed by atoms with Crippen LogP contribution in [0.1, 0.15) is 57.1 Å². The lowest BCUT2D eigenvalue weighted by Gasteiger charge is -2.41. The molecule has 0 amide bonds. The molecule has 144 valence electrons. The van der Waals surface area contributed by atoms with Gasteiger partial charge in [0.15, 0.2) is 0 Å². The molecule has 0 aliphatic carbocycles. The molecule has 1 N–H and O–H groups in total. The summed E-state index contributed by atoms with van der Waals surface area (Å²) >= 11 is 0. The number of fused-ring (bicyclic) bond motifs is 3. The van der Waals surface area contributed by atoms with Gasteiger partial charge in [-0.3, -0.25) is 0 Å². The molecule has 26 heavy (non-hydrogen) atoms. The maximum atomic E-state index is 7.14. The summed E-state index contributed by atoms with van der Waals surface area (Å²) in [4.78, 5) is 0. The lowest BCUT2D eigenvalue weighted by molar-refractivity contribution is 0.158. The van der Waals surface area contributed by atoms with Crippen molar-refractivity contribution in [2.75, 3.05) is 7.05 Å². The Balaban J connectivity index is 1.94. The summed E-state index contributed by atoms with van der Waals surface area (Å²) in [5.41, 5.74) is 2.12. The summed E-state index contributed by atoms with van der Waals surface area (Å²) < 4.78 is 7.14. The van der Waals surface area contributed by atoms with Crippen LogP contribution in [0.25, 0.3) is 0 Å². The van der Waals surface area contributed by atoms with E-state index in [1.165, 1.54) is 44.1 Å². The van der Waals surface area contributed by atoms with Crippen molar-refractivity contribution < 1.29 is 4.65 Å². The summed E-state index contributed by atoms with van der Waals surface area (Å²) in [6.07, 6.45) is 8.58. The Kier molecular flexibility index (Phi) is 6.69. The first-order valence-corrected chi connectivity index (χ1v) is 14.4. The normalized spacial score (nSPS) is 29.1.